The molecule has 0 atom stereocenters. The topological polar surface area (TPSA) is 64.7 Å². The SMILES string of the molecule is c1ccc(-c2nc(-c3ccc4c(c3)oc3ccccc34)nc(-c3cccc4sc5c(-c6ccc(-c7nc8ccccc8s7)cc6)cccc5c34)n2)cc1. The molecule has 0 N–H and O–H groups in total. The number of fused-ring (bicyclic) bond motifs is 7. The molecule has 0 unspecified atom stereocenters. The number of thiophene rings is 1. The molecular weight excluding hydrogens is 689 g/mol. The number of furan rings is 1. The summed E-state index contributed by atoms with van der Waals surface area (Å²) in [6.07, 6.45) is 0. The third-order valence-corrected chi connectivity index (χ3v) is 12.1. The smallest absolute Gasteiger partial charge is 0.164 e. The molecule has 0 fully saturated rings. The summed E-state index contributed by atoms with van der Waals surface area (Å²) in [6.45, 7) is 0. The predicted molar refractivity (Wildman–Crippen MR) is 220 cm³/mol. The van der Waals surface area contributed by atoms with Crippen LogP contribution in [0.1, 0.15) is 0 Å². The molecule has 0 saturated carbocycles. The third kappa shape index (κ3) is 5.04. The fourth-order valence-corrected chi connectivity index (χ4v) is 9.49. The fourth-order valence-electron chi connectivity index (χ4n) is 7.26. The molecule has 7 heteroatoms. The number of para-hydroxylation sites is 2. The molecule has 0 bridgehead atoms. The van der Waals surface area contributed by atoms with Crippen molar-refractivity contribution in [2.45, 2.75) is 0 Å². The zero-order valence-corrected chi connectivity index (χ0v) is 29.7. The van der Waals surface area contributed by atoms with Crippen molar-refractivity contribution >= 4 is 75.0 Å². The van der Waals surface area contributed by atoms with Crippen LogP contribution in [0, 0.1) is 0 Å². The number of nitrogens with zero attached hydrogens (tertiary/aromatic N) is 4. The summed E-state index contributed by atoms with van der Waals surface area (Å²) in [5.41, 5.74) is 8.98. The van der Waals surface area contributed by atoms with E-state index >= 15 is 0 Å². The highest BCUT2D eigenvalue weighted by molar-refractivity contribution is 7.26. The first-order chi connectivity index (χ1) is 26.2. The lowest BCUT2D eigenvalue weighted by molar-refractivity contribution is 0.669. The van der Waals surface area contributed by atoms with Gasteiger partial charge < -0.3 is 4.42 Å². The molecule has 0 spiro atoms. The van der Waals surface area contributed by atoms with Crippen molar-refractivity contribution in [3.8, 4) is 55.9 Å². The van der Waals surface area contributed by atoms with E-state index in [2.05, 4.69) is 97.1 Å². The largest absolute Gasteiger partial charge is 0.456 e. The Labute approximate surface area is 311 Å². The summed E-state index contributed by atoms with van der Waals surface area (Å²) in [5.74, 6) is 1.86. The summed E-state index contributed by atoms with van der Waals surface area (Å²) < 4.78 is 9.87. The van der Waals surface area contributed by atoms with Crippen LogP contribution in [0.5, 0.6) is 0 Å². The molecule has 0 aliphatic carbocycles. The van der Waals surface area contributed by atoms with Gasteiger partial charge in [0.25, 0.3) is 0 Å². The number of hydrogen-bond acceptors (Lipinski definition) is 7. The lowest BCUT2D eigenvalue weighted by atomic mass is 9.99. The van der Waals surface area contributed by atoms with Crippen molar-refractivity contribution < 1.29 is 4.42 Å². The van der Waals surface area contributed by atoms with Crippen LogP contribution in [0.15, 0.2) is 162 Å². The quantitative estimate of drug-likeness (QED) is 0.178. The standard InChI is InChI=1S/C46H26N4OS2/c1-2-10-28(11-3-1)43-48-44(30-24-25-33-32-12-4-6-17-37(32)51-38(33)26-30)50-45(49-43)35-15-9-19-40-41(35)34-14-8-13-31(42(34)52-40)27-20-22-29(23-21-27)46-47-36-16-5-7-18-39(36)53-46/h1-26H. The molecule has 0 saturated heterocycles. The van der Waals surface area contributed by atoms with Gasteiger partial charge in [0.05, 0.1) is 10.2 Å². The Morgan fingerprint density at radius 3 is 1.94 bits per heavy atom. The molecular formula is C46H26N4OS2. The predicted octanol–water partition coefficient (Wildman–Crippen LogP) is 13.1. The van der Waals surface area contributed by atoms with E-state index in [1.54, 1.807) is 22.7 Å². The lowest BCUT2D eigenvalue weighted by Crippen LogP contribution is -2.00. The summed E-state index contributed by atoms with van der Waals surface area (Å²) in [7, 11) is 0. The zero-order valence-electron chi connectivity index (χ0n) is 28.0. The highest BCUT2D eigenvalue weighted by Gasteiger charge is 2.19. The van der Waals surface area contributed by atoms with Crippen LogP contribution in [0.3, 0.4) is 0 Å². The van der Waals surface area contributed by atoms with Crippen LogP contribution in [-0.4, -0.2) is 19.9 Å². The summed E-state index contributed by atoms with van der Waals surface area (Å²) in [5, 5.41) is 5.52. The second-order valence-corrected chi connectivity index (χ2v) is 15.1. The van der Waals surface area contributed by atoms with E-state index in [1.807, 2.05) is 60.7 Å². The Kier molecular flexibility index (Phi) is 6.83. The third-order valence-electron chi connectivity index (χ3n) is 9.80. The number of thiazole rings is 1. The Hall–Kier alpha value is -6.54. The first kappa shape index (κ1) is 30.1. The van der Waals surface area contributed by atoms with Crippen molar-refractivity contribution in [3.63, 3.8) is 0 Å². The van der Waals surface area contributed by atoms with E-state index in [1.165, 1.54) is 30.6 Å². The van der Waals surface area contributed by atoms with Gasteiger partial charge in [0.15, 0.2) is 17.5 Å². The molecule has 7 aromatic carbocycles. The van der Waals surface area contributed by atoms with Gasteiger partial charge in [-0.25, -0.2) is 19.9 Å². The fraction of sp³-hybridized carbons (Fsp3) is 0. The Morgan fingerprint density at radius 1 is 0.396 bits per heavy atom. The average Bonchev–Trinajstić information content (AvgIpc) is 3.94. The maximum atomic E-state index is 6.26. The van der Waals surface area contributed by atoms with Crippen LogP contribution in [-0.2, 0) is 0 Å². The van der Waals surface area contributed by atoms with Gasteiger partial charge in [0.2, 0.25) is 0 Å². The first-order valence-corrected chi connectivity index (χ1v) is 19.0. The van der Waals surface area contributed by atoms with E-state index in [9.17, 15) is 0 Å². The van der Waals surface area contributed by atoms with Crippen molar-refractivity contribution in [3.05, 3.63) is 158 Å². The molecule has 0 radical (unpaired) electrons. The van der Waals surface area contributed by atoms with E-state index in [0.29, 0.717) is 17.5 Å². The minimum absolute atomic E-state index is 0.599. The first-order valence-electron chi connectivity index (χ1n) is 17.4. The number of hydrogen-bond donors (Lipinski definition) is 0. The second-order valence-electron chi connectivity index (χ2n) is 13.0. The van der Waals surface area contributed by atoms with Gasteiger partial charge in [-0.1, -0.05) is 121 Å². The molecule has 53 heavy (non-hydrogen) atoms. The van der Waals surface area contributed by atoms with Crippen molar-refractivity contribution in [2.24, 2.45) is 0 Å². The van der Waals surface area contributed by atoms with Gasteiger partial charge in [-0.3, -0.25) is 0 Å². The van der Waals surface area contributed by atoms with Crippen molar-refractivity contribution in [1.29, 1.82) is 0 Å². The normalized spacial score (nSPS) is 11.8. The van der Waals surface area contributed by atoms with Crippen LogP contribution < -0.4 is 0 Å². The van der Waals surface area contributed by atoms with Gasteiger partial charge in [0, 0.05) is 53.2 Å². The van der Waals surface area contributed by atoms with E-state index in [4.69, 9.17) is 24.4 Å². The Morgan fingerprint density at radius 2 is 1.06 bits per heavy atom. The minimum atomic E-state index is 0.599. The Balaban J connectivity index is 1.05. The van der Waals surface area contributed by atoms with E-state index in [-0.39, 0.29) is 0 Å². The summed E-state index contributed by atoms with van der Waals surface area (Å²) in [4.78, 5) is 20.2. The van der Waals surface area contributed by atoms with Gasteiger partial charge in [0.1, 0.15) is 16.2 Å². The molecule has 4 heterocycles. The van der Waals surface area contributed by atoms with Crippen LogP contribution in [0.25, 0.3) is 108 Å². The molecule has 5 nitrogen and oxygen atoms in total. The Bertz CT molecular complexity index is 3150. The summed E-state index contributed by atoms with van der Waals surface area (Å²) >= 11 is 3.53. The van der Waals surface area contributed by atoms with E-state index in [0.717, 1.165) is 60.1 Å². The highest BCUT2D eigenvalue weighted by atomic mass is 32.1. The van der Waals surface area contributed by atoms with Gasteiger partial charge in [-0.2, -0.15) is 0 Å². The average molecular weight is 715 g/mol. The van der Waals surface area contributed by atoms with Gasteiger partial charge in [-0.05, 0) is 47.5 Å². The zero-order chi connectivity index (χ0) is 34.9. The molecule has 0 aliphatic rings. The second kappa shape index (κ2) is 12.0. The van der Waals surface area contributed by atoms with Crippen LogP contribution >= 0.6 is 22.7 Å². The number of benzene rings is 7. The molecule has 248 valence electrons. The molecule has 4 aromatic heterocycles. The van der Waals surface area contributed by atoms with E-state index < -0.39 is 0 Å². The molecule has 0 aliphatic heterocycles. The molecule has 11 rings (SSSR count). The number of aromatic nitrogens is 4. The number of rotatable bonds is 5. The van der Waals surface area contributed by atoms with Gasteiger partial charge >= 0.3 is 0 Å². The van der Waals surface area contributed by atoms with Gasteiger partial charge in [-0.15, -0.1) is 22.7 Å². The van der Waals surface area contributed by atoms with Crippen molar-refractivity contribution in [2.75, 3.05) is 0 Å². The lowest BCUT2D eigenvalue weighted by Gasteiger charge is -2.10. The highest BCUT2D eigenvalue weighted by Crippen LogP contribution is 2.44. The maximum absolute atomic E-state index is 6.26. The van der Waals surface area contributed by atoms with Crippen LogP contribution in [0.2, 0.25) is 0 Å². The minimum Gasteiger partial charge on any atom is -0.456 e. The van der Waals surface area contributed by atoms with Crippen LogP contribution in [0.4, 0.5) is 0 Å². The monoisotopic (exact) mass is 714 g/mol. The molecule has 0 amide bonds. The summed E-state index contributed by atoms with van der Waals surface area (Å²) in [6, 6.07) is 54.6. The molecule has 11 aromatic rings. The van der Waals surface area contributed by atoms with Crippen molar-refractivity contribution in [1.82, 2.24) is 19.9 Å². The maximum Gasteiger partial charge on any atom is 0.164 e.